The van der Waals surface area contributed by atoms with E-state index in [9.17, 15) is 8.42 Å². The second-order valence-electron chi connectivity index (χ2n) is 4.36. The monoisotopic (exact) mass is 276 g/mol. The van der Waals surface area contributed by atoms with Crippen LogP contribution in [0.15, 0.2) is 59.5 Å². The number of benzene rings is 2. The number of nitrogens with one attached hydrogen (secondary N) is 1. The number of sulfonamides is 1. The first-order chi connectivity index (χ1) is 8.99. The Kier molecular flexibility index (Phi) is 3.76. The van der Waals surface area contributed by atoms with E-state index in [0.29, 0.717) is 5.69 Å². The summed E-state index contributed by atoms with van der Waals surface area (Å²) in [5.74, 6) is 0. The van der Waals surface area contributed by atoms with Gasteiger partial charge in [0.2, 0.25) is 0 Å². The van der Waals surface area contributed by atoms with Crippen LogP contribution in [-0.4, -0.2) is 22.5 Å². The Labute approximate surface area is 113 Å². The van der Waals surface area contributed by atoms with Crippen molar-refractivity contribution in [3.8, 4) is 0 Å². The zero-order chi connectivity index (χ0) is 13.9. The van der Waals surface area contributed by atoms with E-state index in [1.54, 1.807) is 42.5 Å². The normalized spacial score (nSPS) is 11.1. The van der Waals surface area contributed by atoms with Crippen molar-refractivity contribution in [2.24, 2.45) is 0 Å². The summed E-state index contributed by atoms with van der Waals surface area (Å²) in [4.78, 5) is 2.12. The van der Waals surface area contributed by atoms with Crippen LogP contribution in [0.4, 0.5) is 11.4 Å². The molecule has 0 amide bonds. The number of para-hydroxylation sites is 1. The lowest BCUT2D eigenvalue weighted by Gasteiger charge is -2.14. The molecule has 0 bridgehead atoms. The summed E-state index contributed by atoms with van der Waals surface area (Å²) in [6, 6.07) is 15.7. The van der Waals surface area contributed by atoms with Gasteiger partial charge in [-0.25, -0.2) is 8.42 Å². The van der Waals surface area contributed by atoms with E-state index in [1.807, 2.05) is 31.1 Å². The van der Waals surface area contributed by atoms with Crippen LogP contribution in [0.1, 0.15) is 0 Å². The Balaban J connectivity index is 2.32. The van der Waals surface area contributed by atoms with Gasteiger partial charge in [0.05, 0.1) is 4.90 Å². The summed E-state index contributed by atoms with van der Waals surface area (Å²) in [6.07, 6.45) is 0. The summed E-state index contributed by atoms with van der Waals surface area (Å²) in [5.41, 5.74) is 1.40. The van der Waals surface area contributed by atoms with Crippen LogP contribution in [0, 0.1) is 0 Å². The molecule has 0 unspecified atom stereocenters. The molecule has 0 fully saturated rings. The molecule has 0 radical (unpaired) electrons. The minimum atomic E-state index is -3.55. The minimum Gasteiger partial charge on any atom is -0.378 e. The van der Waals surface area contributed by atoms with Gasteiger partial charge >= 0.3 is 0 Å². The maximum Gasteiger partial charge on any atom is 0.261 e. The van der Waals surface area contributed by atoms with Gasteiger partial charge in [-0.3, -0.25) is 4.72 Å². The number of anilines is 2. The van der Waals surface area contributed by atoms with Crippen molar-refractivity contribution in [3.63, 3.8) is 0 Å². The van der Waals surface area contributed by atoms with Gasteiger partial charge in [0.15, 0.2) is 0 Å². The first-order valence-electron chi connectivity index (χ1n) is 5.84. The zero-order valence-electron chi connectivity index (χ0n) is 10.9. The summed E-state index contributed by atoms with van der Waals surface area (Å²) in [5, 5.41) is 0. The van der Waals surface area contributed by atoms with E-state index >= 15 is 0 Å². The fraction of sp³-hybridized carbons (Fsp3) is 0.143. The largest absolute Gasteiger partial charge is 0.378 e. The van der Waals surface area contributed by atoms with Crippen LogP contribution in [0.25, 0.3) is 0 Å². The zero-order valence-corrected chi connectivity index (χ0v) is 11.7. The van der Waals surface area contributed by atoms with Crippen LogP contribution < -0.4 is 9.62 Å². The number of hydrogen-bond donors (Lipinski definition) is 1. The molecule has 2 rings (SSSR count). The third-order valence-electron chi connectivity index (χ3n) is 2.67. The quantitative estimate of drug-likeness (QED) is 0.933. The Hall–Kier alpha value is -2.01. The van der Waals surface area contributed by atoms with Gasteiger partial charge in [-0.15, -0.1) is 0 Å². The fourth-order valence-corrected chi connectivity index (χ4v) is 2.75. The predicted molar refractivity (Wildman–Crippen MR) is 78.0 cm³/mol. The van der Waals surface area contributed by atoms with Gasteiger partial charge in [-0.2, -0.15) is 0 Å². The summed E-state index contributed by atoms with van der Waals surface area (Å²) >= 11 is 0. The average Bonchev–Trinajstić information content (AvgIpc) is 2.39. The van der Waals surface area contributed by atoms with Gasteiger partial charge in [0.1, 0.15) is 0 Å². The van der Waals surface area contributed by atoms with E-state index in [4.69, 9.17) is 0 Å². The van der Waals surface area contributed by atoms with Gasteiger partial charge in [0.25, 0.3) is 10.0 Å². The standard InChI is InChI=1S/C14H16N2O2S/c1-16(2)13-9-6-10-14(11-13)19(17,18)15-12-7-4-3-5-8-12/h3-11,15H,1-2H3. The molecule has 2 aromatic carbocycles. The Morgan fingerprint density at radius 3 is 2.26 bits per heavy atom. The number of hydrogen-bond acceptors (Lipinski definition) is 3. The maximum absolute atomic E-state index is 12.2. The molecule has 0 saturated heterocycles. The molecule has 2 aromatic rings. The summed E-state index contributed by atoms with van der Waals surface area (Å²) in [7, 11) is 0.197. The van der Waals surface area contributed by atoms with E-state index in [2.05, 4.69) is 4.72 Å². The highest BCUT2D eigenvalue weighted by Gasteiger charge is 2.14. The SMILES string of the molecule is CN(C)c1cccc(S(=O)(=O)Nc2ccccc2)c1. The molecule has 0 saturated carbocycles. The van der Waals surface area contributed by atoms with E-state index < -0.39 is 10.0 Å². The van der Waals surface area contributed by atoms with E-state index in [0.717, 1.165) is 5.69 Å². The second kappa shape index (κ2) is 5.32. The molecule has 1 N–H and O–H groups in total. The lowest BCUT2D eigenvalue weighted by Crippen LogP contribution is -2.14. The lowest BCUT2D eigenvalue weighted by molar-refractivity contribution is 0.601. The molecule has 0 aliphatic rings. The third kappa shape index (κ3) is 3.26. The van der Waals surface area contributed by atoms with Crippen LogP contribution >= 0.6 is 0 Å². The van der Waals surface area contributed by atoms with Crippen LogP contribution in [-0.2, 0) is 10.0 Å². The van der Waals surface area contributed by atoms with Crippen molar-refractivity contribution >= 4 is 21.4 Å². The summed E-state index contributed by atoms with van der Waals surface area (Å²) in [6.45, 7) is 0. The van der Waals surface area contributed by atoms with Crippen molar-refractivity contribution < 1.29 is 8.42 Å². The summed E-state index contributed by atoms with van der Waals surface area (Å²) < 4.78 is 27.0. The van der Waals surface area contributed by atoms with E-state index in [-0.39, 0.29) is 4.90 Å². The van der Waals surface area contributed by atoms with Crippen molar-refractivity contribution in [2.45, 2.75) is 4.90 Å². The highest BCUT2D eigenvalue weighted by Crippen LogP contribution is 2.20. The molecule has 0 atom stereocenters. The number of nitrogens with zero attached hydrogens (tertiary/aromatic N) is 1. The number of rotatable bonds is 4. The Morgan fingerprint density at radius 1 is 0.947 bits per heavy atom. The van der Waals surface area contributed by atoms with Crippen LogP contribution in [0.2, 0.25) is 0 Å². The molecule has 4 nitrogen and oxygen atoms in total. The third-order valence-corrected chi connectivity index (χ3v) is 4.05. The van der Waals surface area contributed by atoms with Crippen LogP contribution in [0.3, 0.4) is 0 Å². The smallest absolute Gasteiger partial charge is 0.261 e. The Morgan fingerprint density at radius 2 is 1.63 bits per heavy atom. The first-order valence-corrected chi connectivity index (χ1v) is 7.32. The minimum absolute atomic E-state index is 0.252. The molecule has 5 heteroatoms. The van der Waals surface area contributed by atoms with Gasteiger partial charge in [-0.05, 0) is 30.3 Å². The molecule has 0 aliphatic heterocycles. The molecule has 0 aliphatic carbocycles. The maximum atomic E-state index is 12.2. The molecule has 0 spiro atoms. The van der Waals surface area contributed by atoms with Crippen LogP contribution in [0.5, 0.6) is 0 Å². The molecular formula is C14H16N2O2S. The predicted octanol–water partition coefficient (Wildman–Crippen LogP) is 2.55. The van der Waals surface area contributed by atoms with Gasteiger partial charge in [0, 0.05) is 25.5 Å². The first kappa shape index (κ1) is 13.4. The average molecular weight is 276 g/mol. The molecule has 19 heavy (non-hydrogen) atoms. The van der Waals surface area contributed by atoms with Crippen molar-refractivity contribution in [2.75, 3.05) is 23.7 Å². The van der Waals surface area contributed by atoms with E-state index in [1.165, 1.54) is 0 Å². The molecule has 0 aromatic heterocycles. The molecule has 0 heterocycles. The lowest BCUT2D eigenvalue weighted by atomic mass is 10.3. The van der Waals surface area contributed by atoms with Crippen molar-refractivity contribution in [1.29, 1.82) is 0 Å². The Bertz CT molecular complexity index is 652. The fourth-order valence-electron chi connectivity index (χ4n) is 1.65. The van der Waals surface area contributed by atoms with Crippen molar-refractivity contribution in [1.82, 2.24) is 0 Å². The molecular weight excluding hydrogens is 260 g/mol. The van der Waals surface area contributed by atoms with Gasteiger partial charge < -0.3 is 4.90 Å². The highest BCUT2D eigenvalue weighted by molar-refractivity contribution is 7.92. The molecule has 100 valence electrons. The second-order valence-corrected chi connectivity index (χ2v) is 6.05. The van der Waals surface area contributed by atoms with Crippen molar-refractivity contribution in [3.05, 3.63) is 54.6 Å². The highest BCUT2D eigenvalue weighted by atomic mass is 32.2. The van der Waals surface area contributed by atoms with Gasteiger partial charge in [-0.1, -0.05) is 24.3 Å². The topological polar surface area (TPSA) is 49.4 Å².